The van der Waals surface area contributed by atoms with Gasteiger partial charge in [-0.1, -0.05) is 19.8 Å². The minimum atomic E-state index is -3.62. The Balaban J connectivity index is 3.02. The molecule has 1 aromatic heterocycles. The third-order valence-corrected chi connectivity index (χ3v) is 3.90. The number of sulfone groups is 1. The van der Waals surface area contributed by atoms with Gasteiger partial charge in [-0.25, -0.2) is 13.4 Å². The maximum Gasteiger partial charge on any atom is 0.272 e. The van der Waals surface area contributed by atoms with Gasteiger partial charge in [0.2, 0.25) is 9.84 Å². The Bertz CT molecular complexity index is 504. The van der Waals surface area contributed by atoms with Gasteiger partial charge in [-0.05, 0) is 6.42 Å². The molecule has 1 aromatic rings. The Morgan fingerprint density at radius 1 is 1.41 bits per heavy atom. The van der Waals surface area contributed by atoms with Crippen LogP contribution < -0.4 is 5.73 Å². The van der Waals surface area contributed by atoms with Gasteiger partial charge in [0, 0.05) is 6.92 Å². The number of amides is 1. The summed E-state index contributed by atoms with van der Waals surface area (Å²) in [6.45, 7) is 3.44. The second kappa shape index (κ2) is 5.31. The van der Waals surface area contributed by atoms with Crippen molar-refractivity contribution in [2.24, 2.45) is 5.73 Å². The van der Waals surface area contributed by atoms with Crippen LogP contribution in [0.5, 0.6) is 0 Å². The minimum absolute atomic E-state index is 0.0598. The number of carbonyl (C=O) groups is 1. The van der Waals surface area contributed by atoms with E-state index in [9.17, 15) is 13.2 Å². The van der Waals surface area contributed by atoms with Gasteiger partial charge in [-0.15, -0.1) is 0 Å². The Labute approximate surface area is 100 Å². The lowest BCUT2D eigenvalue weighted by molar-refractivity contribution is 0.0990. The van der Waals surface area contributed by atoms with Crippen molar-refractivity contribution in [3.63, 3.8) is 0 Å². The summed E-state index contributed by atoms with van der Waals surface area (Å²) in [5.41, 5.74) is 4.75. The van der Waals surface area contributed by atoms with Crippen LogP contribution >= 0.6 is 0 Å². The highest BCUT2D eigenvalue weighted by Crippen LogP contribution is 2.19. The van der Waals surface area contributed by atoms with Crippen LogP contribution in [0, 0.1) is 6.92 Å². The summed E-state index contributed by atoms with van der Waals surface area (Å²) in [5, 5.41) is -0.404. The average molecular weight is 260 g/mol. The quantitative estimate of drug-likeness (QED) is 0.770. The first kappa shape index (κ1) is 13.7. The van der Waals surface area contributed by atoms with E-state index in [1.54, 1.807) is 0 Å². The molecule has 2 N–H and O–H groups in total. The van der Waals surface area contributed by atoms with Crippen LogP contribution in [0.4, 0.5) is 0 Å². The number of hydrogen-bond acceptors (Lipinski definition) is 5. The van der Waals surface area contributed by atoms with Crippen molar-refractivity contribution in [1.29, 1.82) is 0 Å². The lowest BCUT2D eigenvalue weighted by atomic mass is 10.3. The summed E-state index contributed by atoms with van der Waals surface area (Å²) in [6, 6.07) is 0. The summed E-state index contributed by atoms with van der Waals surface area (Å²) < 4.78 is 28.8. The van der Waals surface area contributed by atoms with E-state index in [0.29, 0.717) is 6.42 Å². The first-order valence-electron chi connectivity index (χ1n) is 5.38. The Morgan fingerprint density at radius 3 is 2.59 bits per heavy atom. The number of hydrogen-bond donors (Lipinski definition) is 1. The van der Waals surface area contributed by atoms with Crippen molar-refractivity contribution < 1.29 is 17.6 Å². The van der Waals surface area contributed by atoms with Crippen LogP contribution in [0.25, 0.3) is 0 Å². The molecular formula is C10H16N2O4S. The van der Waals surface area contributed by atoms with E-state index in [2.05, 4.69) is 4.98 Å². The fourth-order valence-electron chi connectivity index (χ4n) is 1.41. The van der Waals surface area contributed by atoms with Gasteiger partial charge >= 0.3 is 0 Å². The van der Waals surface area contributed by atoms with Crippen LogP contribution in [-0.4, -0.2) is 25.1 Å². The van der Waals surface area contributed by atoms with E-state index < -0.39 is 20.8 Å². The molecule has 7 heteroatoms. The van der Waals surface area contributed by atoms with Gasteiger partial charge < -0.3 is 10.2 Å². The molecule has 0 bridgehead atoms. The minimum Gasteiger partial charge on any atom is -0.429 e. The molecule has 0 aliphatic heterocycles. The lowest BCUT2D eigenvalue weighted by Crippen LogP contribution is -2.17. The fourth-order valence-corrected chi connectivity index (χ4v) is 2.87. The number of primary amides is 1. The van der Waals surface area contributed by atoms with E-state index in [1.165, 1.54) is 6.92 Å². The molecule has 1 rings (SSSR count). The molecule has 0 aromatic carbocycles. The molecule has 0 spiro atoms. The second-order valence-electron chi connectivity index (χ2n) is 3.76. The molecule has 0 saturated carbocycles. The van der Waals surface area contributed by atoms with Gasteiger partial charge in [0.15, 0.2) is 11.6 Å². The number of aryl methyl sites for hydroxylation is 1. The summed E-state index contributed by atoms with van der Waals surface area (Å²) in [7, 11) is -3.62. The smallest absolute Gasteiger partial charge is 0.272 e. The first-order chi connectivity index (χ1) is 7.88. The highest BCUT2D eigenvalue weighted by atomic mass is 32.2. The van der Waals surface area contributed by atoms with Gasteiger partial charge in [-0.3, -0.25) is 4.79 Å². The average Bonchev–Trinajstić information content (AvgIpc) is 2.61. The van der Waals surface area contributed by atoms with E-state index in [1.807, 2.05) is 6.92 Å². The molecule has 1 amide bonds. The molecule has 0 aliphatic rings. The Hall–Kier alpha value is -1.37. The van der Waals surface area contributed by atoms with Gasteiger partial charge in [-0.2, -0.15) is 0 Å². The third kappa shape index (κ3) is 3.29. The molecule has 0 radical (unpaired) electrons. The van der Waals surface area contributed by atoms with Crippen LogP contribution in [0.2, 0.25) is 0 Å². The molecule has 0 unspecified atom stereocenters. The summed E-state index contributed by atoms with van der Waals surface area (Å²) in [6.07, 6.45) is 2.24. The number of nitrogens with two attached hydrogens (primary N) is 1. The zero-order valence-electron chi connectivity index (χ0n) is 9.89. The van der Waals surface area contributed by atoms with E-state index in [4.69, 9.17) is 10.2 Å². The third-order valence-electron chi connectivity index (χ3n) is 2.24. The number of carbonyl (C=O) groups excluding carboxylic acids is 1. The maximum atomic E-state index is 11.9. The summed E-state index contributed by atoms with van der Waals surface area (Å²) in [5.74, 6) is -0.834. The highest BCUT2D eigenvalue weighted by Gasteiger charge is 2.27. The highest BCUT2D eigenvalue weighted by molar-refractivity contribution is 7.91. The standard InChI is InChI=1S/C10H16N2O4S/c1-3-4-5-6-17(14,15)10-8(9(11)13)12-7(2)16-10/h3-6H2,1-2H3,(H2,11,13). The largest absolute Gasteiger partial charge is 0.429 e. The van der Waals surface area contributed by atoms with Crippen LogP contribution in [-0.2, 0) is 9.84 Å². The maximum absolute atomic E-state index is 11.9. The predicted molar refractivity (Wildman–Crippen MR) is 61.3 cm³/mol. The van der Waals surface area contributed by atoms with Crippen molar-refractivity contribution in [3.05, 3.63) is 11.6 Å². The molecule has 1 heterocycles. The molecule has 0 saturated heterocycles. The van der Waals surface area contributed by atoms with Crippen LogP contribution in [0.15, 0.2) is 9.51 Å². The topological polar surface area (TPSA) is 103 Å². The van der Waals surface area contributed by atoms with Crippen molar-refractivity contribution in [2.45, 2.75) is 38.2 Å². The van der Waals surface area contributed by atoms with Crippen molar-refractivity contribution in [1.82, 2.24) is 4.98 Å². The number of aromatic nitrogens is 1. The van der Waals surface area contributed by atoms with Crippen LogP contribution in [0.3, 0.4) is 0 Å². The van der Waals surface area contributed by atoms with Crippen molar-refractivity contribution >= 4 is 15.7 Å². The molecule has 0 atom stereocenters. The molecule has 6 nitrogen and oxygen atoms in total. The predicted octanol–water partition coefficient (Wildman–Crippen LogP) is 1.05. The summed E-state index contributed by atoms with van der Waals surface area (Å²) in [4.78, 5) is 14.7. The monoisotopic (exact) mass is 260 g/mol. The molecule has 0 aliphatic carbocycles. The van der Waals surface area contributed by atoms with E-state index in [-0.39, 0.29) is 17.3 Å². The number of rotatable bonds is 6. The Kier molecular flexibility index (Phi) is 4.28. The molecular weight excluding hydrogens is 244 g/mol. The Morgan fingerprint density at radius 2 is 2.06 bits per heavy atom. The van der Waals surface area contributed by atoms with E-state index in [0.717, 1.165) is 12.8 Å². The second-order valence-corrected chi connectivity index (χ2v) is 5.77. The van der Waals surface area contributed by atoms with Gasteiger partial charge in [0.1, 0.15) is 0 Å². The zero-order chi connectivity index (χ0) is 13.1. The first-order valence-corrected chi connectivity index (χ1v) is 7.03. The number of unbranched alkanes of at least 4 members (excludes halogenated alkanes) is 2. The summed E-state index contributed by atoms with van der Waals surface area (Å²) >= 11 is 0. The van der Waals surface area contributed by atoms with Crippen molar-refractivity contribution in [2.75, 3.05) is 5.75 Å². The number of oxazole rings is 1. The SMILES string of the molecule is CCCCCS(=O)(=O)c1oc(C)nc1C(N)=O. The molecule has 96 valence electrons. The lowest BCUT2D eigenvalue weighted by Gasteiger charge is -2.00. The van der Waals surface area contributed by atoms with E-state index >= 15 is 0 Å². The van der Waals surface area contributed by atoms with Crippen LogP contribution in [0.1, 0.15) is 42.6 Å². The fraction of sp³-hybridized carbons (Fsp3) is 0.600. The van der Waals surface area contributed by atoms with Gasteiger partial charge in [0.25, 0.3) is 11.0 Å². The van der Waals surface area contributed by atoms with Gasteiger partial charge in [0.05, 0.1) is 5.75 Å². The zero-order valence-corrected chi connectivity index (χ0v) is 10.7. The normalized spacial score (nSPS) is 11.6. The number of nitrogens with zero attached hydrogens (tertiary/aromatic N) is 1. The molecule has 0 fully saturated rings. The van der Waals surface area contributed by atoms with Crippen molar-refractivity contribution in [3.8, 4) is 0 Å². The molecule has 17 heavy (non-hydrogen) atoms.